The van der Waals surface area contributed by atoms with Gasteiger partial charge in [-0.25, -0.2) is 26.3 Å². The first-order valence-corrected chi connectivity index (χ1v) is 28.4. The van der Waals surface area contributed by atoms with Crippen molar-refractivity contribution in [1.82, 2.24) is 0 Å². The number of terminal acetylenes is 2. The average molecular weight is 1290 g/mol. The Labute approximate surface area is 510 Å². The summed E-state index contributed by atoms with van der Waals surface area (Å²) < 4.78 is 80.6. The molecule has 0 aliphatic rings. The van der Waals surface area contributed by atoms with Gasteiger partial charge in [-0.15, -0.1) is 12.8 Å². The van der Waals surface area contributed by atoms with E-state index in [1.54, 1.807) is 42.5 Å². The number of halogens is 8. The Morgan fingerprint density at radius 2 is 0.619 bits per heavy atom. The lowest BCUT2D eigenvalue weighted by atomic mass is 10.00. The second kappa shape index (κ2) is 31.6. The molecule has 0 aliphatic heterocycles. The first-order chi connectivity index (χ1) is 40.3. The number of unbranched alkanes of at least 4 members (excludes halogenated alkanes) is 2. The molecule has 416 valence electrons. The molecular formula is C76H56BrF6I. The highest BCUT2D eigenvalue weighted by Gasteiger charge is 2.04. The molecule has 0 spiro atoms. The van der Waals surface area contributed by atoms with Crippen molar-refractivity contribution < 1.29 is 26.3 Å². The Bertz CT molecular complexity index is 4110. The molecule has 12 rings (SSSR count). The minimum absolute atomic E-state index is 0. The summed E-state index contributed by atoms with van der Waals surface area (Å²) in [5.74, 6) is 15.6. The Morgan fingerprint density at radius 1 is 0.321 bits per heavy atom. The molecule has 12 aromatic carbocycles. The van der Waals surface area contributed by atoms with Gasteiger partial charge in [0.1, 0.15) is 34.9 Å². The molecule has 0 heterocycles. The maximum Gasteiger partial charge on any atom is 0.123 e. The number of fused-ring (bicyclic) bond motifs is 6. The van der Waals surface area contributed by atoms with E-state index in [1.165, 1.54) is 75.7 Å². The van der Waals surface area contributed by atoms with Gasteiger partial charge in [-0.05, 0) is 245 Å². The summed E-state index contributed by atoms with van der Waals surface area (Å²) in [5, 5.41) is 11.8. The normalized spacial score (nSPS) is 10.2. The van der Waals surface area contributed by atoms with Gasteiger partial charge in [0.05, 0.1) is 12.8 Å². The van der Waals surface area contributed by atoms with Gasteiger partial charge in [-0.1, -0.05) is 162 Å². The molecule has 8 heteroatoms. The zero-order chi connectivity index (χ0) is 58.5. The zero-order valence-corrected chi connectivity index (χ0v) is 48.7. The van der Waals surface area contributed by atoms with Gasteiger partial charge in [-0.2, -0.15) is 0 Å². The van der Waals surface area contributed by atoms with Crippen molar-refractivity contribution in [3.63, 3.8) is 0 Å². The van der Waals surface area contributed by atoms with E-state index >= 15 is 0 Å². The summed E-state index contributed by atoms with van der Waals surface area (Å²) in [6, 6.07) is 64.5. The summed E-state index contributed by atoms with van der Waals surface area (Å²) in [7, 11) is 0. The fourth-order valence-corrected chi connectivity index (χ4v) is 9.93. The van der Waals surface area contributed by atoms with Crippen LogP contribution in [0.15, 0.2) is 223 Å². The molecule has 0 bridgehead atoms. The number of hydrogen-bond donors (Lipinski definition) is 0. The largest absolute Gasteiger partial charge is 0.207 e. The van der Waals surface area contributed by atoms with E-state index in [2.05, 4.69) is 98.3 Å². The van der Waals surface area contributed by atoms with Gasteiger partial charge in [-0.3, -0.25) is 0 Å². The van der Waals surface area contributed by atoms with Crippen LogP contribution in [0, 0.1) is 86.8 Å². The van der Waals surface area contributed by atoms with Crippen LogP contribution in [0.1, 0.15) is 61.8 Å². The van der Waals surface area contributed by atoms with Crippen molar-refractivity contribution in [2.24, 2.45) is 0 Å². The van der Waals surface area contributed by atoms with Crippen molar-refractivity contribution in [2.45, 2.75) is 52.4 Å². The third-order valence-corrected chi connectivity index (χ3v) is 14.3. The summed E-state index contributed by atoms with van der Waals surface area (Å²) in [5.41, 5.74) is 4.37. The zero-order valence-electron chi connectivity index (χ0n) is 44.9. The lowest BCUT2D eigenvalue weighted by Gasteiger charge is -2.06. The lowest BCUT2D eigenvalue weighted by molar-refractivity contribution is 0.629. The van der Waals surface area contributed by atoms with Crippen molar-refractivity contribution in [1.29, 1.82) is 0 Å². The van der Waals surface area contributed by atoms with Crippen LogP contribution < -0.4 is 0 Å². The smallest absolute Gasteiger partial charge is 0.123 e. The maximum atomic E-state index is 13.3. The Balaban J connectivity index is 0.000000165. The lowest BCUT2D eigenvalue weighted by Crippen LogP contribution is -1.90. The number of benzene rings is 12. The summed E-state index contributed by atoms with van der Waals surface area (Å²) in [4.78, 5) is 0. The van der Waals surface area contributed by atoms with Crippen LogP contribution in [0.4, 0.5) is 26.3 Å². The fraction of sp³-hybridized carbons (Fsp3) is 0.105. The highest BCUT2D eigenvalue weighted by Crippen LogP contribution is 2.24. The minimum Gasteiger partial charge on any atom is -0.207 e. The third kappa shape index (κ3) is 19.2. The van der Waals surface area contributed by atoms with Gasteiger partial charge in [0.25, 0.3) is 0 Å². The van der Waals surface area contributed by atoms with Gasteiger partial charge in [0.15, 0.2) is 0 Å². The molecule has 0 aliphatic carbocycles. The number of aryl methyl sites for hydroxylation is 2. The average Bonchev–Trinajstić information content (AvgIpc) is 3.63. The molecule has 0 N–H and O–H groups in total. The molecule has 0 aromatic heterocycles. The Kier molecular flexibility index (Phi) is 23.6. The highest BCUT2D eigenvalue weighted by molar-refractivity contribution is 14.1. The Hall–Kier alpha value is -8.77. The van der Waals surface area contributed by atoms with Crippen molar-refractivity contribution in [3.8, 4) is 48.4 Å². The SMILES string of the molecule is C.C#CCC#C.Fc1ccc2cc(Br)ccc2c1.Fc1ccc2cc(C#CCC#Cc3ccc4cc(F)ccc4c3)ccc2c1.Fc1ccc2cc(CCCCCc3ccc4cc(F)ccc4c3)ccc2c1.Fc1ccc2cc(I)ccc2c1. The molecule has 84 heavy (non-hydrogen) atoms. The van der Waals surface area contributed by atoms with E-state index in [4.69, 9.17) is 12.8 Å². The van der Waals surface area contributed by atoms with E-state index in [0.29, 0.717) is 12.8 Å². The van der Waals surface area contributed by atoms with Crippen LogP contribution in [0.3, 0.4) is 0 Å². The molecule has 0 atom stereocenters. The van der Waals surface area contributed by atoms with E-state index in [0.717, 1.165) is 106 Å². The molecular weight excluding hydrogens is 1230 g/mol. The quantitative estimate of drug-likeness (QED) is 0.0674. The fourth-order valence-electron chi connectivity index (χ4n) is 9.04. The van der Waals surface area contributed by atoms with Crippen molar-refractivity contribution in [2.75, 3.05) is 0 Å². The molecule has 0 amide bonds. The van der Waals surface area contributed by atoms with Gasteiger partial charge in [0, 0.05) is 19.2 Å². The van der Waals surface area contributed by atoms with Crippen LogP contribution in [0.5, 0.6) is 0 Å². The molecule has 0 fully saturated rings. The predicted molar refractivity (Wildman–Crippen MR) is 352 cm³/mol. The highest BCUT2D eigenvalue weighted by atomic mass is 127. The summed E-state index contributed by atoms with van der Waals surface area (Å²) in [6.07, 6.45) is 15.9. The van der Waals surface area contributed by atoms with Crippen LogP contribution in [-0.2, 0) is 12.8 Å². The predicted octanol–water partition coefficient (Wildman–Crippen LogP) is 21.9. The van der Waals surface area contributed by atoms with Crippen molar-refractivity contribution in [3.05, 3.63) is 284 Å². The van der Waals surface area contributed by atoms with Gasteiger partial charge < -0.3 is 0 Å². The van der Waals surface area contributed by atoms with E-state index in [1.807, 2.05) is 97.1 Å². The Morgan fingerprint density at radius 3 is 0.988 bits per heavy atom. The van der Waals surface area contributed by atoms with Crippen LogP contribution in [0.2, 0.25) is 0 Å². The minimum atomic E-state index is -0.240. The number of hydrogen-bond acceptors (Lipinski definition) is 0. The van der Waals surface area contributed by atoms with E-state index in [-0.39, 0.29) is 42.3 Å². The second-order valence-corrected chi connectivity index (χ2v) is 21.4. The summed E-state index contributed by atoms with van der Waals surface area (Å²) in [6.45, 7) is 0. The molecule has 0 radical (unpaired) electrons. The van der Waals surface area contributed by atoms with Gasteiger partial charge >= 0.3 is 0 Å². The van der Waals surface area contributed by atoms with E-state index < -0.39 is 0 Å². The molecule has 0 saturated carbocycles. The van der Waals surface area contributed by atoms with Crippen LogP contribution >= 0.6 is 38.5 Å². The first-order valence-electron chi connectivity index (χ1n) is 26.6. The second-order valence-electron chi connectivity index (χ2n) is 19.3. The number of rotatable bonds is 6. The molecule has 0 saturated heterocycles. The monoisotopic (exact) mass is 1290 g/mol. The van der Waals surface area contributed by atoms with Crippen molar-refractivity contribution >= 4 is 103 Å². The van der Waals surface area contributed by atoms with Crippen LogP contribution in [-0.4, -0.2) is 0 Å². The topological polar surface area (TPSA) is 0 Å². The molecule has 0 nitrogen and oxygen atoms in total. The standard InChI is InChI=1S/C25H22F2.C25H14F2.C10H6BrF.C10H6FI.C5H4.CH4/c2*26-24-12-10-20-14-18(6-8-22(20)16-24)4-2-1-3-5-19-7-9-23-17-25(27)13-11-21(23)15-19;2*11-9-3-1-8-6-10(12)4-2-7(8)5-9;1-3-5-4-2;/h6-17H,1-5H2;6-17H,1H2;2*1-6H;1-2H,5H2;1H4. The molecule has 0 unspecified atom stereocenters. The molecule has 12 aromatic rings. The first kappa shape index (κ1) is 62.8. The maximum absolute atomic E-state index is 13.3. The summed E-state index contributed by atoms with van der Waals surface area (Å²) >= 11 is 5.60. The third-order valence-electron chi connectivity index (χ3n) is 13.1. The van der Waals surface area contributed by atoms with Gasteiger partial charge in [0.2, 0.25) is 0 Å². The van der Waals surface area contributed by atoms with E-state index in [9.17, 15) is 26.3 Å². The van der Waals surface area contributed by atoms with Crippen LogP contribution in [0.25, 0.3) is 64.6 Å².